The summed E-state index contributed by atoms with van der Waals surface area (Å²) in [7, 11) is 1.63. The number of nitriles is 1. The Kier molecular flexibility index (Phi) is 9.33. The molecule has 3 aromatic rings. The Morgan fingerprint density at radius 1 is 1.04 bits per heavy atom. The van der Waals surface area contributed by atoms with E-state index in [-0.39, 0.29) is 4.59 Å². The molecule has 6 rings (SSSR count). The molecule has 0 radical (unpaired) electrons. The third kappa shape index (κ3) is 6.91. The van der Waals surface area contributed by atoms with Crippen LogP contribution in [0, 0.1) is 11.5 Å². The number of hydrogen-bond donors (Lipinski definition) is 4. The molecular formula is C33H32N7O5+. The Balaban J connectivity index is 0.000000444. The Morgan fingerprint density at radius 3 is 2.44 bits per heavy atom. The summed E-state index contributed by atoms with van der Waals surface area (Å²) in [5, 5.41) is 38.2. The fourth-order valence-electron chi connectivity index (χ4n) is 5.18. The maximum absolute atomic E-state index is 10.6. The second-order valence-corrected chi connectivity index (χ2v) is 10.2. The number of carboxylic acid groups (broad SMARTS) is 2. The Hall–Kier alpha value is -5.77. The van der Waals surface area contributed by atoms with Gasteiger partial charge in [-0.05, 0) is 45.6 Å². The number of anilines is 2. The van der Waals surface area contributed by atoms with E-state index in [1.165, 1.54) is 0 Å². The van der Waals surface area contributed by atoms with Gasteiger partial charge in [0, 0.05) is 67.8 Å². The zero-order chi connectivity index (χ0) is 31.8. The quantitative estimate of drug-likeness (QED) is 0.169. The van der Waals surface area contributed by atoms with E-state index in [0.29, 0.717) is 30.4 Å². The highest BCUT2D eigenvalue weighted by atomic mass is 16.5. The van der Waals surface area contributed by atoms with Crippen LogP contribution in [0.2, 0.25) is 0 Å². The lowest BCUT2D eigenvalue weighted by Gasteiger charge is -2.32. The largest absolute Gasteiger partial charge is 0.497 e. The van der Waals surface area contributed by atoms with Gasteiger partial charge in [0.25, 0.3) is 5.84 Å². The third-order valence-electron chi connectivity index (χ3n) is 7.31. The van der Waals surface area contributed by atoms with Crippen molar-refractivity contribution in [2.75, 3.05) is 43.5 Å². The lowest BCUT2D eigenvalue weighted by atomic mass is 10.0. The van der Waals surface area contributed by atoms with Gasteiger partial charge in [-0.15, -0.1) is 5.26 Å². The lowest BCUT2D eigenvalue weighted by Crippen LogP contribution is -2.45. The van der Waals surface area contributed by atoms with Crippen molar-refractivity contribution in [2.24, 2.45) is 10.1 Å². The molecule has 3 heterocycles. The molecule has 12 nitrogen and oxygen atoms in total. The van der Waals surface area contributed by atoms with Crippen molar-refractivity contribution in [2.45, 2.75) is 6.54 Å². The van der Waals surface area contributed by atoms with E-state index >= 15 is 0 Å². The molecule has 0 aromatic heterocycles. The van der Waals surface area contributed by atoms with Crippen molar-refractivity contribution in [3.8, 4) is 11.9 Å². The van der Waals surface area contributed by atoms with Crippen LogP contribution >= 0.6 is 0 Å². The summed E-state index contributed by atoms with van der Waals surface area (Å²) in [5.74, 6) is -0.714. The summed E-state index contributed by atoms with van der Waals surface area (Å²) in [6.07, 6.45) is 7.54. The number of amidine groups is 2. The zero-order valence-corrected chi connectivity index (χ0v) is 24.6. The maximum atomic E-state index is 10.6. The van der Waals surface area contributed by atoms with Crippen LogP contribution in [0.1, 0.15) is 16.7 Å². The predicted molar refractivity (Wildman–Crippen MR) is 173 cm³/mol. The van der Waals surface area contributed by atoms with Crippen molar-refractivity contribution >= 4 is 46.7 Å². The zero-order valence-electron chi connectivity index (χ0n) is 24.6. The van der Waals surface area contributed by atoms with Gasteiger partial charge in [0.2, 0.25) is 11.5 Å². The standard InChI is InChI=1S/C29H28N7O.C4H4O4/c1-37-25-9-5-8-23(17-25)29-33-27-11-10-22-16-24(35-14-12-31-13-15-35)18-26(28(22)36(27,20-30)34-29)32-19-21-6-3-2-4-7-21;5-3(6)1-2-4(7)8/h2-11,16-18,31-32H,12-15,19H2,1H3;1-2H,(H,5,6)(H,7,8)/q+1;/b;2-1-. The summed E-state index contributed by atoms with van der Waals surface area (Å²) in [5.41, 5.74) is 5.73. The average Bonchev–Trinajstić information content (AvgIpc) is 3.48. The van der Waals surface area contributed by atoms with Crippen LogP contribution in [-0.4, -0.2) is 67.1 Å². The van der Waals surface area contributed by atoms with Crippen molar-refractivity contribution in [3.63, 3.8) is 0 Å². The number of ether oxygens (including phenoxy) is 1. The van der Waals surface area contributed by atoms with Gasteiger partial charge in [0.15, 0.2) is 0 Å². The summed E-state index contributed by atoms with van der Waals surface area (Å²) in [6.45, 7) is 4.39. The molecule has 1 unspecified atom stereocenters. The molecule has 0 saturated carbocycles. The topological polar surface area (TPSA) is 160 Å². The molecule has 45 heavy (non-hydrogen) atoms. The van der Waals surface area contributed by atoms with Gasteiger partial charge in [-0.1, -0.05) is 42.5 Å². The molecule has 3 aliphatic rings. The van der Waals surface area contributed by atoms with E-state index in [4.69, 9.17) is 25.0 Å². The fraction of sp³-hybridized carbons (Fsp3) is 0.182. The molecule has 4 N–H and O–H groups in total. The lowest BCUT2D eigenvalue weighted by molar-refractivity contribution is -0.134. The number of methoxy groups -OCH3 is 1. The van der Waals surface area contributed by atoms with E-state index in [0.717, 1.165) is 65.7 Å². The van der Waals surface area contributed by atoms with E-state index in [1.807, 2.05) is 54.6 Å². The number of benzene rings is 3. The second kappa shape index (κ2) is 13.7. The minimum Gasteiger partial charge on any atom is -0.497 e. The number of carboxylic acids is 2. The van der Waals surface area contributed by atoms with Gasteiger partial charge in [-0.3, -0.25) is 0 Å². The molecular weight excluding hydrogens is 574 g/mol. The van der Waals surface area contributed by atoms with E-state index < -0.39 is 11.9 Å². The van der Waals surface area contributed by atoms with Gasteiger partial charge in [-0.25, -0.2) is 9.59 Å². The molecule has 1 saturated heterocycles. The molecule has 1 fully saturated rings. The molecule has 3 aliphatic heterocycles. The van der Waals surface area contributed by atoms with Crippen LogP contribution in [0.5, 0.6) is 5.75 Å². The number of aliphatic imine (C=N–C) groups is 1. The number of fused-ring (bicyclic) bond motifs is 3. The van der Waals surface area contributed by atoms with Crippen LogP contribution < -0.4 is 24.9 Å². The van der Waals surface area contributed by atoms with Crippen LogP contribution in [0.4, 0.5) is 17.1 Å². The SMILES string of the molecule is COc1cccc(C2=N[N+]3(C#N)C(=N2)C=Cc2cc(N4CCNCC4)cc(NCc4ccccc4)c23)c1.O=C(O)/C=C\C(=O)O. The van der Waals surface area contributed by atoms with Crippen molar-refractivity contribution in [1.82, 2.24) is 9.91 Å². The van der Waals surface area contributed by atoms with Gasteiger partial charge >= 0.3 is 18.1 Å². The van der Waals surface area contributed by atoms with Gasteiger partial charge in [-0.2, -0.15) is 4.99 Å². The molecule has 1 atom stereocenters. The first-order chi connectivity index (χ1) is 21.8. The van der Waals surface area contributed by atoms with E-state index in [1.54, 1.807) is 7.11 Å². The van der Waals surface area contributed by atoms with Crippen molar-refractivity contribution < 1.29 is 24.5 Å². The van der Waals surface area contributed by atoms with Crippen LogP contribution in [-0.2, 0) is 16.1 Å². The molecule has 228 valence electrons. The second-order valence-electron chi connectivity index (χ2n) is 10.2. The number of carbonyl (C=O) groups is 2. The molecule has 0 aliphatic carbocycles. The minimum absolute atomic E-state index is 0.350. The fourth-order valence-corrected chi connectivity index (χ4v) is 5.18. The summed E-state index contributed by atoms with van der Waals surface area (Å²) in [4.78, 5) is 26.3. The normalized spacial score (nSPS) is 18.0. The number of rotatable bonds is 8. The predicted octanol–water partition coefficient (Wildman–Crippen LogP) is 4.02. The number of nitrogens with zero attached hydrogens (tertiary/aromatic N) is 5. The van der Waals surface area contributed by atoms with Crippen LogP contribution in [0.15, 0.2) is 95.1 Å². The Bertz CT molecular complexity index is 1740. The van der Waals surface area contributed by atoms with E-state index in [9.17, 15) is 14.9 Å². The summed E-state index contributed by atoms with van der Waals surface area (Å²) in [6, 6.07) is 22.2. The van der Waals surface area contributed by atoms with Crippen LogP contribution in [0.3, 0.4) is 0 Å². The summed E-state index contributed by atoms with van der Waals surface area (Å²) < 4.78 is 5.05. The first kappa shape index (κ1) is 30.7. The molecule has 3 aromatic carbocycles. The molecule has 12 heteroatoms. The maximum Gasteiger partial charge on any atom is 0.351 e. The highest BCUT2D eigenvalue weighted by Crippen LogP contribution is 2.45. The van der Waals surface area contributed by atoms with Crippen LogP contribution in [0.25, 0.3) is 6.08 Å². The first-order valence-electron chi connectivity index (χ1n) is 14.2. The number of hydrogen-bond acceptors (Lipinski definition) is 9. The molecule has 0 amide bonds. The van der Waals surface area contributed by atoms with Crippen molar-refractivity contribution in [3.05, 3.63) is 102 Å². The van der Waals surface area contributed by atoms with Crippen molar-refractivity contribution in [1.29, 1.82) is 5.26 Å². The molecule has 0 bridgehead atoms. The first-order valence-corrected chi connectivity index (χ1v) is 14.2. The van der Waals surface area contributed by atoms with Gasteiger partial charge in [0.1, 0.15) is 11.4 Å². The molecule has 0 spiro atoms. The highest BCUT2D eigenvalue weighted by molar-refractivity contribution is 6.22. The number of aliphatic carboxylic acids is 2. The highest BCUT2D eigenvalue weighted by Gasteiger charge is 2.49. The Labute approximate surface area is 260 Å². The van der Waals surface area contributed by atoms with Gasteiger partial charge < -0.3 is 30.5 Å². The van der Waals surface area contributed by atoms with Gasteiger partial charge in [0.05, 0.1) is 7.11 Å². The minimum atomic E-state index is -1.26. The number of piperazine rings is 1. The average molecular weight is 607 g/mol. The number of nitrogens with one attached hydrogen (secondary N) is 2. The summed E-state index contributed by atoms with van der Waals surface area (Å²) >= 11 is 0. The monoisotopic (exact) mass is 606 g/mol. The van der Waals surface area contributed by atoms with E-state index in [2.05, 4.69) is 46.0 Å². The smallest absolute Gasteiger partial charge is 0.351 e. The number of quaternary nitrogens is 1. The Morgan fingerprint density at radius 2 is 1.78 bits per heavy atom. The third-order valence-corrected chi connectivity index (χ3v) is 7.31.